The lowest BCUT2D eigenvalue weighted by Crippen LogP contribution is -1.88. The first-order valence-electron chi connectivity index (χ1n) is 6.47. The number of nitrogens with one attached hydrogen (secondary N) is 2. The second-order valence-corrected chi connectivity index (χ2v) is 5.55. The van der Waals surface area contributed by atoms with E-state index in [0.717, 1.165) is 32.4 Å². The van der Waals surface area contributed by atoms with Crippen molar-refractivity contribution in [3.63, 3.8) is 0 Å². The highest BCUT2D eigenvalue weighted by Crippen LogP contribution is 2.28. The van der Waals surface area contributed by atoms with Crippen LogP contribution in [0.15, 0.2) is 54.9 Å². The molecular formula is C15H11N5S. The van der Waals surface area contributed by atoms with Crippen LogP contribution >= 0.6 is 11.3 Å². The summed E-state index contributed by atoms with van der Waals surface area (Å²) in [5, 5.41) is 11.3. The van der Waals surface area contributed by atoms with E-state index in [-0.39, 0.29) is 0 Å². The molecule has 0 radical (unpaired) electrons. The van der Waals surface area contributed by atoms with Gasteiger partial charge >= 0.3 is 0 Å². The Kier molecular flexibility index (Phi) is 2.86. The number of aromatic nitrogens is 4. The van der Waals surface area contributed by atoms with E-state index in [0.29, 0.717) is 0 Å². The molecule has 3 heterocycles. The van der Waals surface area contributed by atoms with Crippen molar-refractivity contribution in [1.82, 2.24) is 20.2 Å². The largest absolute Gasteiger partial charge is 0.315 e. The lowest BCUT2D eigenvalue weighted by Gasteiger charge is -1.95. The molecule has 0 amide bonds. The molecule has 0 saturated heterocycles. The van der Waals surface area contributed by atoms with Crippen molar-refractivity contribution in [2.75, 3.05) is 5.32 Å². The van der Waals surface area contributed by atoms with Crippen LogP contribution in [-0.2, 0) is 0 Å². The average Bonchev–Trinajstić information content (AvgIpc) is 3.14. The molecule has 0 fully saturated rings. The predicted molar refractivity (Wildman–Crippen MR) is 84.7 cm³/mol. The van der Waals surface area contributed by atoms with Crippen LogP contribution in [0.3, 0.4) is 0 Å². The Hall–Kier alpha value is -2.73. The van der Waals surface area contributed by atoms with E-state index in [1.54, 1.807) is 23.7 Å². The predicted octanol–water partition coefficient (Wildman–Crippen LogP) is 3.83. The summed E-state index contributed by atoms with van der Waals surface area (Å²) in [5.74, 6) is 0.743. The van der Waals surface area contributed by atoms with Crippen molar-refractivity contribution in [2.45, 2.75) is 0 Å². The lowest BCUT2D eigenvalue weighted by atomic mass is 10.2. The molecule has 2 N–H and O–H groups in total. The zero-order chi connectivity index (χ0) is 14.1. The van der Waals surface area contributed by atoms with Crippen molar-refractivity contribution in [2.24, 2.45) is 0 Å². The van der Waals surface area contributed by atoms with Crippen molar-refractivity contribution in [3.8, 4) is 11.3 Å². The summed E-state index contributed by atoms with van der Waals surface area (Å²) < 4.78 is 1.16. The normalized spacial score (nSPS) is 10.9. The van der Waals surface area contributed by atoms with E-state index in [4.69, 9.17) is 0 Å². The molecule has 0 spiro atoms. The van der Waals surface area contributed by atoms with E-state index in [9.17, 15) is 0 Å². The Balaban J connectivity index is 1.61. The maximum atomic E-state index is 4.53. The SMILES string of the molecule is c1cncc(-c2cc(Nc3nc4ccccc4s3)n[nH]2)c1. The number of hydrogen-bond donors (Lipinski definition) is 2. The molecule has 0 aliphatic heterocycles. The van der Waals surface area contributed by atoms with Crippen LogP contribution < -0.4 is 5.32 Å². The molecule has 5 nitrogen and oxygen atoms in total. The summed E-state index contributed by atoms with van der Waals surface area (Å²) >= 11 is 1.61. The zero-order valence-corrected chi connectivity index (χ0v) is 11.8. The van der Waals surface area contributed by atoms with Crippen molar-refractivity contribution in [1.29, 1.82) is 0 Å². The molecule has 1 aromatic carbocycles. The third-order valence-corrected chi connectivity index (χ3v) is 4.03. The number of benzene rings is 1. The van der Waals surface area contributed by atoms with Gasteiger partial charge in [-0.25, -0.2) is 4.98 Å². The van der Waals surface area contributed by atoms with E-state index in [1.165, 1.54) is 0 Å². The van der Waals surface area contributed by atoms with Gasteiger partial charge in [-0.2, -0.15) is 5.10 Å². The molecule has 0 saturated carbocycles. The Bertz CT molecular complexity index is 848. The first-order valence-corrected chi connectivity index (χ1v) is 7.28. The summed E-state index contributed by atoms with van der Waals surface area (Å²) in [6.07, 6.45) is 3.55. The number of pyridine rings is 1. The number of hydrogen-bond acceptors (Lipinski definition) is 5. The highest BCUT2D eigenvalue weighted by atomic mass is 32.1. The molecule has 0 bridgehead atoms. The molecule has 4 rings (SSSR count). The third-order valence-electron chi connectivity index (χ3n) is 3.08. The number of H-pyrrole nitrogens is 1. The van der Waals surface area contributed by atoms with Crippen LogP contribution in [0, 0.1) is 0 Å². The summed E-state index contributed by atoms with van der Waals surface area (Å²) in [6, 6.07) is 13.9. The minimum Gasteiger partial charge on any atom is -0.315 e. The smallest absolute Gasteiger partial charge is 0.189 e. The van der Waals surface area contributed by atoms with Gasteiger partial charge in [0.25, 0.3) is 0 Å². The van der Waals surface area contributed by atoms with Gasteiger partial charge in [0.05, 0.1) is 15.9 Å². The van der Waals surface area contributed by atoms with Crippen LogP contribution in [0.25, 0.3) is 21.5 Å². The van der Waals surface area contributed by atoms with Crippen LogP contribution in [-0.4, -0.2) is 20.2 Å². The Morgan fingerprint density at radius 3 is 2.90 bits per heavy atom. The van der Waals surface area contributed by atoms with Gasteiger partial charge in [-0.05, 0) is 24.3 Å². The van der Waals surface area contributed by atoms with Gasteiger partial charge in [0.15, 0.2) is 10.9 Å². The number of para-hydroxylation sites is 1. The highest BCUT2D eigenvalue weighted by Gasteiger charge is 2.07. The van der Waals surface area contributed by atoms with Crippen LogP contribution in [0.1, 0.15) is 0 Å². The maximum absolute atomic E-state index is 4.53. The Labute approximate surface area is 124 Å². The molecule has 0 unspecified atom stereocenters. The topological polar surface area (TPSA) is 66.5 Å². The van der Waals surface area contributed by atoms with Gasteiger partial charge in [-0.1, -0.05) is 23.5 Å². The second kappa shape index (κ2) is 4.99. The highest BCUT2D eigenvalue weighted by molar-refractivity contribution is 7.22. The number of thiazole rings is 1. The molecule has 102 valence electrons. The van der Waals surface area contributed by atoms with Crippen LogP contribution in [0.5, 0.6) is 0 Å². The van der Waals surface area contributed by atoms with Gasteiger partial charge in [0.1, 0.15) is 0 Å². The summed E-state index contributed by atoms with van der Waals surface area (Å²) in [5.41, 5.74) is 2.92. The quantitative estimate of drug-likeness (QED) is 0.602. The lowest BCUT2D eigenvalue weighted by molar-refractivity contribution is 1.09. The van der Waals surface area contributed by atoms with E-state index >= 15 is 0 Å². The molecular weight excluding hydrogens is 282 g/mol. The standard InChI is InChI=1S/C15H11N5S/c1-2-6-13-11(5-1)17-15(21-13)18-14-8-12(19-20-14)10-4-3-7-16-9-10/h1-9H,(H2,17,18,19,20). The molecule has 0 aliphatic carbocycles. The molecule has 21 heavy (non-hydrogen) atoms. The monoisotopic (exact) mass is 293 g/mol. The van der Waals surface area contributed by atoms with Crippen LogP contribution in [0.4, 0.5) is 10.9 Å². The number of fused-ring (bicyclic) bond motifs is 1. The first-order chi connectivity index (χ1) is 10.4. The fourth-order valence-corrected chi connectivity index (χ4v) is 2.96. The molecule has 4 aromatic rings. The number of nitrogens with zero attached hydrogens (tertiary/aromatic N) is 3. The minimum atomic E-state index is 0.743. The van der Waals surface area contributed by atoms with Gasteiger partial charge in [0.2, 0.25) is 0 Å². The number of anilines is 2. The van der Waals surface area contributed by atoms with E-state index in [2.05, 4.69) is 31.5 Å². The molecule has 0 atom stereocenters. The summed E-state index contributed by atoms with van der Waals surface area (Å²) in [4.78, 5) is 8.64. The van der Waals surface area contributed by atoms with Crippen LogP contribution in [0.2, 0.25) is 0 Å². The third kappa shape index (κ3) is 2.36. The molecule has 6 heteroatoms. The number of aromatic amines is 1. The average molecular weight is 293 g/mol. The molecule has 3 aromatic heterocycles. The first kappa shape index (κ1) is 12.0. The summed E-state index contributed by atoms with van der Waals surface area (Å²) in [7, 11) is 0. The van der Waals surface area contributed by atoms with Gasteiger partial charge < -0.3 is 5.32 Å². The fourth-order valence-electron chi connectivity index (χ4n) is 2.09. The van der Waals surface area contributed by atoms with Crippen molar-refractivity contribution >= 4 is 32.5 Å². The van der Waals surface area contributed by atoms with Crippen molar-refractivity contribution in [3.05, 3.63) is 54.9 Å². The summed E-state index contributed by atoms with van der Waals surface area (Å²) in [6.45, 7) is 0. The van der Waals surface area contributed by atoms with E-state index < -0.39 is 0 Å². The number of rotatable bonds is 3. The van der Waals surface area contributed by atoms with Gasteiger partial charge in [-0.3, -0.25) is 10.1 Å². The van der Waals surface area contributed by atoms with Gasteiger partial charge in [0, 0.05) is 24.0 Å². The Morgan fingerprint density at radius 1 is 1.10 bits per heavy atom. The minimum absolute atomic E-state index is 0.743. The molecule has 0 aliphatic rings. The maximum Gasteiger partial charge on any atom is 0.189 e. The Morgan fingerprint density at radius 2 is 2.05 bits per heavy atom. The fraction of sp³-hybridized carbons (Fsp3) is 0. The van der Waals surface area contributed by atoms with Gasteiger partial charge in [-0.15, -0.1) is 0 Å². The second-order valence-electron chi connectivity index (χ2n) is 4.52. The van der Waals surface area contributed by atoms with Crippen molar-refractivity contribution < 1.29 is 0 Å². The van der Waals surface area contributed by atoms with E-state index in [1.807, 2.05) is 36.4 Å². The zero-order valence-electron chi connectivity index (χ0n) is 10.9.